The largest absolute Gasteiger partial charge is 0.482 e. The van der Waals surface area contributed by atoms with Crippen LogP contribution in [0.25, 0.3) is 0 Å². The molecule has 0 fully saturated rings. The summed E-state index contributed by atoms with van der Waals surface area (Å²) >= 11 is 0. The van der Waals surface area contributed by atoms with Crippen molar-refractivity contribution in [3.8, 4) is 0 Å². The first-order chi connectivity index (χ1) is 2.83. The van der Waals surface area contributed by atoms with Crippen molar-refractivity contribution in [1.29, 1.82) is 0 Å². The molecule has 0 aliphatic carbocycles. The monoisotopic (exact) mass is 323 g/mol. The SMILES string of the molecule is O[B]O.[CH2-]C=O.[V].[W]. The van der Waals surface area contributed by atoms with E-state index in [0.29, 0.717) is 6.29 Å². The molecule has 0 saturated heterocycles. The summed E-state index contributed by atoms with van der Waals surface area (Å²) in [5, 5.41) is 14.0. The van der Waals surface area contributed by atoms with Crippen molar-refractivity contribution in [3.05, 3.63) is 6.92 Å². The molecule has 3 nitrogen and oxygen atoms in total. The number of hydrogen-bond donors (Lipinski definition) is 2. The first-order valence-electron chi connectivity index (χ1n) is 1.16. The van der Waals surface area contributed by atoms with Gasteiger partial charge >= 0.3 is 7.69 Å². The van der Waals surface area contributed by atoms with Gasteiger partial charge in [-0.25, -0.2) is 0 Å². The van der Waals surface area contributed by atoms with Crippen molar-refractivity contribution in [2.24, 2.45) is 0 Å². The van der Waals surface area contributed by atoms with E-state index in [4.69, 9.17) is 14.8 Å². The van der Waals surface area contributed by atoms with Crippen LogP contribution >= 0.6 is 0 Å². The first-order valence-corrected chi connectivity index (χ1v) is 1.16. The zero-order chi connectivity index (χ0) is 5.41. The minimum Gasteiger partial charge on any atom is -0.429 e. The van der Waals surface area contributed by atoms with Crippen LogP contribution in [0.5, 0.6) is 0 Å². The van der Waals surface area contributed by atoms with Gasteiger partial charge in [0.2, 0.25) is 0 Å². The molecule has 2 N–H and O–H groups in total. The Morgan fingerprint density at radius 1 is 1.50 bits per heavy atom. The maximum atomic E-state index is 8.69. The Hall–Kier alpha value is 0.798. The Morgan fingerprint density at radius 3 is 1.50 bits per heavy atom. The van der Waals surface area contributed by atoms with E-state index in [-0.39, 0.29) is 47.3 Å². The van der Waals surface area contributed by atoms with E-state index in [1.807, 2.05) is 0 Å². The van der Waals surface area contributed by atoms with Crippen molar-refractivity contribution >= 4 is 14.0 Å². The van der Waals surface area contributed by atoms with Gasteiger partial charge in [-0.1, -0.05) is 0 Å². The van der Waals surface area contributed by atoms with E-state index < -0.39 is 0 Å². The van der Waals surface area contributed by atoms with Gasteiger partial charge in [0.25, 0.3) is 0 Å². The number of hydrogen-bond acceptors (Lipinski definition) is 3. The van der Waals surface area contributed by atoms with Crippen molar-refractivity contribution in [1.82, 2.24) is 0 Å². The second-order valence-corrected chi connectivity index (χ2v) is 0.282. The molecule has 0 aromatic carbocycles. The van der Waals surface area contributed by atoms with E-state index in [9.17, 15) is 0 Å². The molecule has 8 heavy (non-hydrogen) atoms. The standard InChI is InChI=1S/C2H3O.BH2O2.V.W/c1-2-3;2-1-3;;/h2H,1H2;2-3H;;/q-1;;;. The molecule has 0 saturated carbocycles. The molecule has 0 aromatic heterocycles. The van der Waals surface area contributed by atoms with Crippen molar-refractivity contribution < 1.29 is 54.5 Å². The zero-order valence-corrected chi connectivity index (χ0v) is 8.35. The van der Waals surface area contributed by atoms with E-state index in [1.54, 1.807) is 0 Å². The van der Waals surface area contributed by atoms with E-state index in [1.165, 1.54) is 0 Å². The van der Waals surface area contributed by atoms with Gasteiger partial charge in [0, 0.05) is 39.6 Å². The zero-order valence-electron chi connectivity index (χ0n) is 4.02. The fourth-order valence-electron chi connectivity index (χ4n) is 0. The molecular weight excluding hydrogens is 318 g/mol. The minimum absolute atomic E-state index is 0. The smallest absolute Gasteiger partial charge is 0.429 e. The Bertz CT molecular complexity index is 31.2. The van der Waals surface area contributed by atoms with Crippen LogP contribution in [0.1, 0.15) is 0 Å². The van der Waals surface area contributed by atoms with Crippen LogP contribution in [0.15, 0.2) is 0 Å². The molecule has 0 amide bonds. The average molecular weight is 323 g/mol. The maximum absolute atomic E-state index is 8.69. The maximum Gasteiger partial charge on any atom is 0.482 e. The van der Waals surface area contributed by atoms with Gasteiger partial charge in [-0.3, -0.25) is 0 Å². The summed E-state index contributed by atoms with van der Waals surface area (Å²) in [6, 6.07) is 0. The van der Waals surface area contributed by atoms with Gasteiger partial charge in [0.05, 0.1) is 0 Å². The van der Waals surface area contributed by atoms with Crippen LogP contribution in [0.4, 0.5) is 0 Å². The van der Waals surface area contributed by atoms with Gasteiger partial charge in [-0.2, -0.15) is 0 Å². The fourth-order valence-corrected chi connectivity index (χ4v) is 0. The van der Waals surface area contributed by atoms with Crippen molar-refractivity contribution in [2.45, 2.75) is 0 Å². The van der Waals surface area contributed by atoms with Gasteiger partial charge < -0.3 is 21.8 Å². The molecule has 0 aliphatic rings. The van der Waals surface area contributed by atoms with Crippen LogP contribution in [-0.2, 0) is 44.4 Å². The summed E-state index contributed by atoms with van der Waals surface area (Å²) in [6.45, 7) is 2.81. The van der Waals surface area contributed by atoms with Gasteiger partial charge in [-0.05, 0) is 6.29 Å². The molecule has 0 heterocycles. The van der Waals surface area contributed by atoms with Crippen LogP contribution in [0, 0.1) is 6.92 Å². The summed E-state index contributed by atoms with van der Waals surface area (Å²) in [7, 11) is 0. The first kappa shape index (κ1) is 23.2. The average Bonchev–Trinajstić information content (AvgIpc) is 1.39. The van der Waals surface area contributed by atoms with E-state index in [0.717, 1.165) is 0 Å². The Labute approximate surface area is 75.3 Å². The second kappa shape index (κ2) is 46.0. The van der Waals surface area contributed by atoms with Gasteiger partial charge in [0.1, 0.15) is 0 Å². The number of aldehydes is 1. The molecule has 0 atom stereocenters. The van der Waals surface area contributed by atoms with Crippen LogP contribution in [0.2, 0.25) is 0 Å². The quantitative estimate of drug-likeness (QED) is 0.325. The number of rotatable bonds is 0. The summed E-state index contributed by atoms with van der Waals surface area (Å²) in [5.41, 5.74) is 0. The third-order valence-corrected chi connectivity index (χ3v) is 0. The fraction of sp³-hybridized carbons (Fsp3) is 0. The van der Waals surface area contributed by atoms with E-state index >= 15 is 0 Å². The molecule has 0 bridgehead atoms. The Kier molecular flexibility index (Phi) is 134. The van der Waals surface area contributed by atoms with Crippen LogP contribution in [0.3, 0.4) is 0 Å². The molecule has 0 unspecified atom stereocenters. The predicted octanol–water partition coefficient (Wildman–Crippen LogP) is -1.48. The third-order valence-electron chi connectivity index (χ3n) is 0. The van der Waals surface area contributed by atoms with Crippen LogP contribution in [-0.4, -0.2) is 24.0 Å². The van der Waals surface area contributed by atoms with Gasteiger partial charge in [0.15, 0.2) is 0 Å². The van der Waals surface area contributed by atoms with Crippen LogP contribution < -0.4 is 0 Å². The summed E-state index contributed by atoms with van der Waals surface area (Å²) in [6.07, 6.45) is 0.500. The predicted molar refractivity (Wildman–Crippen MR) is 21.6 cm³/mol. The molecule has 0 aromatic rings. The van der Waals surface area contributed by atoms with Gasteiger partial charge in [-0.15, -0.1) is 0 Å². The molecular formula is C2H5BO3VW-. The molecule has 0 spiro atoms. The molecule has 6 heteroatoms. The topological polar surface area (TPSA) is 57.5 Å². The molecule has 2 radical (unpaired) electrons. The summed E-state index contributed by atoms with van der Waals surface area (Å²) in [4.78, 5) is 8.69. The molecule has 46 valence electrons. The Balaban J connectivity index is -0.0000000160. The number of carbonyl (C=O) groups is 1. The van der Waals surface area contributed by atoms with E-state index in [2.05, 4.69) is 6.92 Å². The summed E-state index contributed by atoms with van der Waals surface area (Å²) in [5.74, 6) is 0. The van der Waals surface area contributed by atoms with Crippen molar-refractivity contribution in [2.75, 3.05) is 0 Å². The molecule has 0 rings (SSSR count). The summed E-state index contributed by atoms with van der Waals surface area (Å²) < 4.78 is 0. The Morgan fingerprint density at radius 2 is 1.50 bits per heavy atom. The molecule has 0 aliphatic heterocycles. The third kappa shape index (κ3) is 359. The second-order valence-electron chi connectivity index (χ2n) is 0.282. The van der Waals surface area contributed by atoms with Crippen molar-refractivity contribution in [3.63, 3.8) is 0 Å². The number of carbonyl (C=O) groups excluding carboxylic acids is 1. The normalized spacial score (nSPS) is 3.25. The minimum atomic E-state index is 0.